The van der Waals surface area contributed by atoms with Crippen molar-refractivity contribution in [2.45, 2.75) is 45.9 Å². The van der Waals surface area contributed by atoms with Crippen LogP contribution >= 0.6 is 11.3 Å². The molecule has 136 valence electrons. The number of carbonyl (C=O) groups is 1. The van der Waals surface area contributed by atoms with Crippen molar-refractivity contribution in [3.05, 3.63) is 32.3 Å². The van der Waals surface area contributed by atoms with Gasteiger partial charge in [0.05, 0.1) is 11.6 Å². The summed E-state index contributed by atoms with van der Waals surface area (Å²) in [5.74, 6) is -0.0931. The Hall–Kier alpha value is -1.93. The Kier molecular flexibility index (Phi) is 5.39. The van der Waals surface area contributed by atoms with Crippen LogP contribution in [0.5, 0.6) is 0 Å². The molecule has 2 aromatic rings. The number of nitrogens with zero attached hydrogens (tertiary/aromatic N) is 2. The summed E-state index contributed by atoms with van der Waals surface area (Å²) >= 11 is 1.29. The molecule has 1 saturated heterocycles. The fraction of sp³-hybridized carbons (Fsp3) is 0.588. The summed E-state index contributed by atoms with van der Waals surface area (Å²) in [4.78, 5) is 37.6. The predicted molar refractivity (Wildman–Crippen MR) is 97.2 cm³/mol. The lowest BCUT2D eigenvalue weighted by Crippen LogP contribution is -2.43. The zero-order valence-electron chi connectivity index (χ0n) is 14.5. The maximum Gasteiger partial charge on any atom is 0.332 e. The molecule has 3 heterocycles. The van der Waals surface area contributed by atoms with Gasteiger partial charge in [0.2, 0.25) is 5.91 Å². The van der Waals surface area contributed by atoms with Crippen molar-refractivity contribution >= 4 is 27.5 Å². The van der Waals surface area contributed by atoms with E-state index < -0.39 is 5.69 Å². The second-order valence-electron chi connectivity index (χ2n) is 6.75. The molecule has 8 heteroatoms. The summed E-state index contributed by atoms with van der Waals surface area (Å²) in [7, 11) is 0. The third kappa shape index (κ3) is 3.85. The molecule has 0 radical (unpaired) electrons. The number of hydrogen-bond donors (Lipinski definition) is 1. The van der Waals surface area contributed by atoms with Crippen molar-refractivity contribution in [3.8, 4) is 0 Å². The van der Waals surface area contributed by atoms with Gasteiger partial charge in [-0.05, 0) is 30.2 Å². The van der Waals surface area contributed by atoms with Crippen LogP contribution in [0.25, 0.3) is 10.2 Å². The van der Waals surface area contributed by atoms with E-state index in [1.165, 1.54) is 20.5 Å². The average Bonchev–Trinajstić information content (AvgIpc) is 3.24. The minimum absolute atomic E-state index is 0.0525. The Morgan fingerprint density at radius 2 is 2.20 bits per heavy atom. The smallest absolute Gasteiger partial charge is 0.332 e. The normalized spacial score (nSPS) is 17.5. The fourth-order valence-electron chi connectivity index (χ4n) is 3.04. The number of carbonyl (C=O) groups excluding carboxylic acids is 1. The van der Waals surface area contributed by atoms with Crippen LogP contribution in [-0.4, -0.2) is 34.3 Å². The van der Waals surface area contributed by atoms with Gasteiger partial charge in [-0.2, -0.15) is 0 Å². The predicted octanol–water partition coefficient (Wildman–Crippen LogP) is 1.18. The second-order valence-corrected chi connectivity index (χ2v) is 7.67. The van der Waals surface area contributed by atoms with Gasteiger partial charge >= 0.3 is 5.69 Å². The lowest BCUT2D eigenvalue weighted by molar-refractivity contribution is -0.122. The molecule has 7 nitrogen and oxygen atoms in total. The zero-order chi connectivity index (χ0) is 18.0. The number of hydrogen-bond acceptors (Lipinski definition) is 5. The number of thiophene rings is 1. The second kappa shape index (κ2) is 7.53. The van der Waals surface area contributed by atoms with E-state index in [4.69, 9.17) is 4.74 Å². The van der Waals surface area contributed by atoms with E-state index in [9.17, 15) is 14.4 Å². The van der Waals surface area contributed by atoms with E-state index in [0.717, 1.165) is 19.4 Å². The molecule has 0 aromatic carbocycles. The molecular weight excluding hydrogens is 342 g/mol. The van der Waals surface area contributed by atoms with E-state index in [1.54, 1.807) is 11.4 Å². The third-order valence-electron chi connectivity index (χ3n) is 4.24. The largest absolute Gasteiger partial charge is 0.376 e. The number of rotatable bonds is 6. The van der Waals surface area contributed by atoms with Crippen molar-refractivity contribution in [1.82, 2.24) is 14.5 Å². The first-order valence-corrected chi connectivity index (χ1v) is 9.44. The van der Waals surface area contributed by atoms with Gasteiger partial charge < -0.3 is 10.1 Å². The molecule has 1 fully saturated rings. The number of aromatic nitrogens is 2. The molecule has 3 rings (SSSR count). The highest BCUT2D eigenvalue weighted by Crippen LogP contribution is 2.15. The van der Waals surface area contributed by atoms with Crippen molar-refractivity contribution in [3.63, 3.8) is 0 Å². The lowest BCUT2D eigenvalue weighted by atomic mass is 10.2. The Labute approximate surface area is 149 Å². The summed E-state index contributed by atoms with van der Waals surface area (Å²) < 4.78 is 8.62. The molecule has 0 spiro atoms. The van der Waals surface area contributed by atoms with Crippen LogP contribution in [0.3, 0.4) is 0 Å². The summed E-state index contributed by atoms with van der Waals surface area (Å²) in [6.45, 7) is 5.31. The van der Waals surface area contributed by atoms with Crippen molar-refractivity contribution in [2.24, 2.45) is 5.92 Å². The van der Waals surface area contributed by atoms with Crippen LogP contribution < -0.4 is 16.6 Å². The standard InChI is InChI=1S/C17H23N3O4S/c1-11(2)9-20-16(22)15-13(5-7-25-15)19(17(20)23)10-14(21)18-8-12-4-3-6-24-12/h5,7,11-12H,3-4,6,8-10H2,1-2H3,(H,18,21)/t12-/m0/s1. The van der Waals surface area contributed by atoms with E-state index >= 15 is 0 Å². The topological polar surface area (TPSA) is 82.3 Å². The maximum atomic E-state index is 12.8. The summed E-state index contributed by atoms with van der Waals surface area (Å²) in [5.41, 5.74) is -0.191. The Bertz CT molecular complexity index is 874. The summed E-state index contributed by atoms with van der Waals surface area (Å²) in [6, 6.07) is 1.72. The Morgan fingerprint density at radius 3 is 2.88 bits per heavy atom. The SMILES string of the molecule is CC(C)Cn1c(=O)c2sccc2n(CC(=O)NC[C@@H]2CCCO2)c1=O. The first-order chi connectivity index (χ1) is 12.0. The molecule has 1 atom stereocenters. The average molecular weight is 365 g/mol. The molecule has 0 bridgehead atoms. The van der Waals surface area contributed by atoms with E-state index in [2.05, 4.69) is 5.32 Å². The van der Waals surface area contributed by atoms with Crippen LogP contribution in [0.4, 0.5) is 0 Å². The molecule has 1 amide bonds. The lowest BCUT2D eigenvalue weighted by Gasteiger charge is -2.14. The van der Waals surface area contributed by atoms with Gasteiger partial charge in [0.15, 0.2) is 0 Å². The fourth-order valence-corrected chi connectivity index (χ4v) is 3.89. The van der Waals surface area contributed by atoms with Gasteiger partial charge in [-0.15, -0.1) is 11.3 Å². The molecule has 1 aliphatic rings. The zero-order valence-corrected chi connectivity index (χ0v) is 15.3. The summed E-state index contributed by atoms with van der Waals surface area (Å²) in [5, 5.41) is 4.59. The highest BCUT2D eigenvalue weighted by molar-refractivity contribution is 7.17. The van der Waals surface area contributed by atoms with Crippen molar-refractivity contribution in [2.75, 3.05) is 13.2 Å². The first-order valence-electron chi connectivity index (χ1n) is 8.56. The van der Waals surface area contributed by atoms with Gasteiger partial charge in [-0.3, -0.25) is 18.7 Å². The Balaban J connectivity index is 1.86. The summed E-state index contributed by atoms with van der Waals surface area (Å²) in [6.07, 6.45) is 2.00. The van der Waals surface area contributed by atoms with E-state index in [0.29, 0.717) is 23.3 Å². The van der Waals surface area contributed by atoms with Crippen LogP contribution in [0, 0.1) is 5.92 Å². The highest BCUT2D eigenvalue weighted by atomic mass is 32.1. The van der Waals surface area contributed by atoms with Crippen molar-refractivity contribution in [1.29, 1.82) is 0 Å². The minimum atomic E-state index is -0.433. The van der Waals surface area contributed by atoms with Gasteiger partial charge in [-0.1, -0.05) is 13.8 Å². The molecular formula is C17H23N3O4S. The molecule has 0 saturated carbocycles. The number of nitrogens with one attached hydrogen (secondary N) is 1. The van der Waals surface area contributed by atoms with Crippen LogP contribution in [0.15, 0.2) is 21.0 Å². The minimum Gasteiger partial charge on any atom is -0.376 e. The van der Waals surface area contributed by atoms with Gasteiger partial charge in [-0.25, -0.2) is 4.79 Å². The molecule has 0 unspecified atom stereocenters. The molecule has 0 aliphatic carbocycles. The van der Waals surface area contributed by atoms with Gasteiger partial charge in [0.1, 0.15) is 11.2 Å². The molecule has 1 N–H and O–H groups in total. The molecule has 25 heavy (non-hydrogen) atoms. The van der Waals surface area contributed by atoms with Crippen LogP contribution in [-0.2, 0) is 22.6 Å². The van der Waals surface area contributed by atoms with Gasteiger partial charge in [0, 0.05) is 19.7 Å². The third-order valence-corrected chi connectivity index (χ3v) is 5.13. The first kappa shape index (κ1) is 17.9. The monoisotopic (exact) mass is 365 g/mol. The van der Waals surface area contributed by atoms with Crippen LogP contribution in [0.1, 0.15) is 26.7 Å². The maximum absolute atomic E-state index is 12.8. The molecule has 1 aliphatic heterocycles. The number of fused-ring (bicyclic) bond motifs is 1. The van der Waals surface area contributed by atoms with E-state index in [1.807, 2.05) is 13.8 Å². The highest BCUT2D eigenvalue weighted by Gasteiger charge is 2.19. The number of amides is 1. The van der Waals surface area contributed by atoms with Gasteiger partial charge in [0.25, 0.3) is 5.56 Å². The quantitative estimate of drug-likeness (QED) is 0.833. The van der Waals surface area contributed by atoms with E-state index in [-0.39, 0.29) is 30.0 Å². The Morgan fingerprint density at radius 1 is 1.40 bits per heavy atom. The molecule has 2 aromatic heterocycles. The van der Waals surface area contributed by atoms with Crippen molar-refractivity contribution < 1.29 is 9.53 Å². The van der Waals surface area contributed by atoms with Crippen LogP contribution in [0.2, 0.25) is 0 Å². The number of ether oxygens (including phenoxy) is 1.